The van der Waals surface area contributed by atoms with Crippen molar-refractivity contribution >= 4 is 17.4 Å². The topological polar surface area (TPSA) is 36.4 Å². The van der Waals surface area contributed by atoms with Crippen molar-refractivity contribution < 1.29 is 5.11 Å². The number of nitrogens with zero attached hydrogens (tertiary/aromatic N) is 2. The summed E-state index contributed by atoms with van der Waals surface area (Å²) in [6, 6.07) is 3.77. The van der Waals surface area contributed by atoms with Gasteiger partial charge < -0.3 is 10.0 Å². The predicted molar refractivity (Wildman–Crippen MR) is 77.4 cm³/mol. The van der Waals surface area contributed by atoms with Crippen LogP contribution in [0.2, 0.25) is 5.02 Å². The van der Waals surface area contributed by atoms with Crippen molar-refractivity contribution in [2.75, 3.05) is 18.5 Å². The minimum absolute atomic E-state index is 0.103. The Bertz CT molecular complexity index is 465. The zero-order chi connectivity index (χ0) is 13.4. The summed E-state index contributed by atoms with van der Waals surface area (Å²) in [4.78, 5) is 6.65. The van der Waals surface area contributed by atoms with Crippen LogP contribution in [0, 0.1) is 17.8 Å². The van der Waals surface area contributed by atoms with Gasteiger partial charge in [0.2, 0.25) is 0 Å². The van der Waals surface area contributed by atoms with Gasteiger partial charge in [-0.15, -0.1) is 0 Å². The molecule has 3 nitrogen and oxygen atoms in total. The maximum atomic E-state index is 9.23. The van der Waals surface area contributed by atoms with E-state index in [0.717, 1.165) is 30.1 Å². The molecule has 0 aliphatic heterocycles. The van der Waals surface area contributed by atoms with Gasteiger partial charge in [-0.3, -0.25) is 0 Å². The van der Waals surface area contributed by atoms with E-state index >= 15 is 0 Å². The lowest BCUT2D eigenvalue weighted by atomic mass is 9.88. The standard InChI is InChI=1S/C15H21ClN2O/c1-18(8-12-7-10-2-3-11(12)6-10)15-5-4-13(16)14(9-19)17-15/h4-5,10-12,19H,2-3,6-9H2,1H3. The van der Waals surface area contributed by atoms with Crippen molar-refractivity contribution in [3.63, 3.8) is 0 Å². The van der Waals surface area contributed by atoms with Gasteiger partial charge in [0.1, 0.15) is 5.82 Å². The number of aliphatic hydroxyl groups excluding tert-OH is 1. The highest BCUT2D eigenvalue weighted by molar-refractivity contribution is 6.31. The Balaban J connectivity index is 1.68. The SMILES string of the molecule is CN(CC1CC2CCC1C2)c1ccc(Cl)c(CO)n1. The largest absolute Gasteiger partial charge is 0.390 e. The molecule has 2 aliphatic rings. The van der Waals surface area contributed by atoms with Crippen LogP contribution in [0.5, 0.6) is 0 Å². The Morgan fingerprint density at radius 1 is 1.37 bits per heavy atom. The van der Waals surface area contributed by atoms with E-state index in [9.17, 15) is 5.11 Å². The second-order valence-electron chi connectivity index (χ2n) is 6.07. The fourth-order valence-corrected chi connectivity index (χ4v) is 4.01. The third-order valence-corrected chi connectivity index (χ3v) is 5.18. The van der Waals surface area contributed by atoms with E-state index in [2.05, 4.69) is 16.9 Å². The quantitative estimate of drug-likeness (QED) is 0.921. The van der Waals surface area contributed by atoms with Crippen molar-refractivity contribution in [3.8, 4) is 0 Å². The maximum absolute atomic E-state index is 9.23. The lowest BCUT2D eigenvalue weighted by Crippen LogP contribution is -2.29. The molecule has 0 saturated heterocycles. The van der Waals surface area contributed by atoms with Crippen molar-refractivity contribution in [3.05, 3.63) is 22.8 Å². The summed E-state index contributed by atoms with van der Waals surface area (Å²) in [5.74, 6) is 3.64. The summed E-state index contributed by atoms with van der Waals surface area (Å²) in [5.41, 5.74) is 0.568. The van der Waals surface area contributed by atoms with Gasteiger partial charge in [0.25, 0.3) is 0 Å². The Hall–Kier alpha value is -0.800. The molecule has 2 saturated carbocycles. The van der Waals surface area contributed by atoms with Crippen molar-refractivity contribution in [2.45, 2.75) is 32.3 Å². The molecule has 1 aromatic rings. The molecule has 1 N–H and O–H groups in total. The third-order valence-electron chi connectivity index (χ3n) is 4.84. The van der Waals surface area contributed by atoms with E-state index in [-0.39, 0.29) is 6.61 Å². The van der Waals surface area contributed by atoms with E-state index in [1.165, 1.54) is 25.7 Å². The Morgan fingerprint density at radius 3 is 2.84 bits per heavy atom. The normalized spacial score (nSPS) is 28.9. The average molecular weight is 281 g/mol. The molecule has 2 bridgehead atoms. The molecule has 3 rings (SSSR count). The number of hydrogen-bond acceptors (Lipinski definition) is 3. The highest BCUT2D eigenvalue weighted by atomic mass is 35.5. The summed E-state index contributed by atoms with van der Waals surface area (Å²) >= 11 is 5.98. The van der Waals surface area contributed by atoms with Crippen LogP contribution in [0.3, 0.4) is 0 Å². The number of halogens is 1. The zero-order valence-corrected chi connectivity index (χ0v) is 12.1. The van der Waals surface area contributed by atoms with Crippen molar-refractivity contribution in [2.24, 2.45) is 17.8 Å². The van der Waals surface area contributed by atoms with Crippen LogP contribution >= 0.6 is 11.6 Å². The molecule has 0 aromatic carbocycles. The maximum Gasteiger partial charge on any atom is 0.128 e. The number of fused-ring (bicyclic) bond motifs is 2. The fraction of sp³-hybridized carbons (Fsp3) is 0.667. The number of aliphatic hydroxyl groups is 1. The predicted octanol–water partition coefficient (Wildman–Crippen LogP) is 3.10. The van der Waals surface area contributed by atoms with Crippen LogP contribution in [0.15, 0.2) is 12.1 Å². The van der Waals surface area contributed by atoms with Crippen LogP contribution in [0.25, 0.3) is 0 Å². The molecule has 3 atom stereocenters. The van der Waals surface area contributed by atoms with Crippen molar-refractivity contribution in [1.29, 1.82) is 0 Å². The highest BCUT2D eigenvalue weighted by Gasteiger charge is 2.39. The molecule has 4 heteroatoms. The minimum atomic E-state index is -0.103. The molecule has 0 radical (unpaired) electrons. The lowest BCUT2D eigenvalue weighted by molar-refractivity contribution is 0.277. The zero-order valence-electron chi connectivity index (χ0n) is 11.3. The Kier molecular flexibility index (Phi) is 3.68. The summed E-state index contributed by atoms with van der Waals surface area (Å²) in [5, 5.41) is 9.77. The number of aromatic nitrogens is 1. The second kappa shape index (κ2) is 5.29. The molecule has 0 amide bonds. The second-order valence-corrected chi connectivity index (χ2v) is 6.48. The average Bonchev–Trinajstić information content (AvgIpc) is 3.01. The number of pyridine rings is 1. The highest BCUT2D eigenvalue weighted by Crippen LogP contribution is 2.48. The lowest BCUT2D eigenvalue weighted by Gasteiger charge is -2.28. The van der Waals surface area contributed by atoms with Gasteiger partial charge >= 0.3 is 0 Å². The van der Waals surface area contributed by atoms with E-state index in [4.69, 9.17) is 11.6 Å². The van der Waals surface area contributed by atoms with Crippen LogP contribution < -0.4 is 4.90 Å². The molecule has 3 unspecified atom stereocenters. The van der Waals surface area contributed by atoms with E-state index < -0.39 is 0 Å². The van der Waals surface area contributed by atoms with Crippen LogP contribution in [-0.2, 0) is 6.61 Å². The van der Waals surface area contributed by atoms with Gasteiger partial charge in [-0.25, -0.2) is 4.98 Å². The van der Waals surface area contributed by atoms with Crippen LogP contribution in [0.1, 0.15) is 31.4 Å². The first kappa shape index (κ1) is 13.2. The molecule has 1 aromatic heterocycles. The van der Waals surface area contributed by atoms with E-state index in [0.29, 0.717) is 10.7 Å². The Labute approximate surface area is 119 Å². The molecule has 2 fully saturated rings. The Morgan fingerprint density at radius 2 is 2.21 bits per heavy atom. The molecule has 19 heavy (non-hydrogen) atoms. The first-order valence-electron chi connectivity index (χ1n) is 7.14. The third kappa shape index (κ3) is 2.59. The molecular formula is C15H21ClN2O. The number of rotatable bonds is 4. The smallest absolute Gasteiger partial charge is 0.128 e. The first-order valence-corrected chi connectivity index (χ1v) is 7.52. The molecule has 0 spiro atoms. The molecular weight excluding hydrogens is 260 g/mol. The molecule has 104 valence electrons. The summed E-state index contributed by atoms with van der Waals surface area (Å²) in [6.45, 7) is 0.968. The molecule has 2 aliphatic carbocycles. The van der Waals surface area contributed by atoms with Gasteiger partial charge in [-0.05, 0) is 49.1 Å². The number of anilines is 1. The van der Waals surface area contributed by atoms with Gasteiger partial charge in [-0.2, -0.15) is 0 Å². The summed E-state index contributed by atoms with van der Waals surface area (Å²) < 4.78 is 0. The van der Waals surface area contributed by atoms with Gasteiger partial charge in [-0.1, -0.05) is 18.0 Å². The molecule has 1 heterocycles. The van der Waals surface area contributed by atoms with Gasteiger partial charge in [0.05, 0.1) is 17.3 Å². The minimum Gasteiger partial charge on any atom is -0.390 e. The fourth-order valence-electron chi connectivity index (χ4n) is 3.84. The van der Waals surface area contributed by atoms with Crippen molar-refractivity contribution in [1.82, 2.24) is 4.98 Å². The summed E-state index contributed by atoms with van der Waals surface area (Å²) in [7, 11) is 2.09. The van der Waals surface area contributed by atoms with E-state index in [1.807, 2.05) is 12.1 Å². The first-order chi connectivity index (χ1) is 9.17. The monoisotopic (exact) mass is 280 g/mol. The summed E-state index contributed by atoms with van der Waals surface area (Å²) in [6.07, 6.45) is 5.68. The van der Waals surface area contributed by atoms with Gasteiger partial charge in [0.15, 0.2) is 0 Å². The van der Waals surface area contributed by atoms with Gasteiger partial charge in [0, 0.05) is 13.6 Å². The van der Waals surface area contributed by atoms with E-state index in [1.54, 1.807) is 0 Å². The number of hydrogen-bond donors (Lipinski definition) is 1. The van der Waals surface area contributed by atoms with Crippen LogP contribution in [-0.4, -0.2) is 23.7 Å². The van der Waals surface area contributed by atoms with Crippen LogP contribution in [0.4, 0.5) is 5.82 Å².